The van der Waals surface area contributed by atoms with Crippen LogP contribution in [0.25, 0.3) is 0 Å². The van der Waals surface area contributed by atoms with E-state index in [-0.39, 0.29) is 36.7 Å². The number of alkyl halides is 1. The summed E-state index contributed by atoms with van der Waals surface area (Å²) < 4.78 is 28.6. The Morgan fingerprint density at radius 1 is 1.27 bits per heavy atom. The van der Waals surface area contributed by atoms with Gasteiger partial charge in [0, 0.05) is 5.33 Å². The van der Waals surface area contributed by atoms with Crippen LogP contribution in [0.5, 0.6) is 0 Å². The zero-order valence-electron chi connectivity index (χ0n) is 7.59. The normalized spacial score (nSPS) is 10.7. The summed E-state index contributed by atoms with van der Waals surface area (Å²) in [7, 11) is -3.72. The van der Waals surface area contributed by atoms with Crippen LogP contribution in [0, 0.1) is 0 Å². The van der Waals surface area contributed by atoms with Gasteiger partial charge in [-0.2, -0.15) is 8.42 Å². The number of hydrogen-bond donors (Lipinski definition) is 1. The Balaban J connectivity index is -0.000000405. The second-order valence-electron chi connectivity index (χ2n) is 2.04. The first kappa shape index (κ1) is 14.9. The SMILES string of the molecule is O=S(=O)(O)CCCCCBr.[H-].[Na+]. The molecule has 11 heavy (non-hydrogen) atoms. The van der Waals surface area contributed by atoms with Crippen LogP contribution >= 0.6 is 15.9 Å². The first-order chi connectivity index (χ1) is 4.56. The summed E-state index contributed by atoms with van der Waals surface area (Å²) in [6.07, 6.45) is 2.34. The van der Waals surface area contributed by atoms with Gasteiger partial charge in [0.05, 0.1) is 5.75 Å². The predicted molar refractivity (Wildman–Crippen MR) is 45.2 cm³/mol. The van der Waals surface area contributed by atoms with Crippen molar-refractivity contribution in [3.8, 4) is 0 Å². The smallest absolute Gasteiger partial charge is 1.00 e. The average molecular weight is 255 g/mol. The van der Waals surface area contributed by atoms with Crippen molar-refractivity contribution < 1.29 is 44.0 Å². The van der Waals surface area contributed by atoms with Crippen molar-refractivity contribution in [3.63, 3.8) is 0 Å². The van der Waals surface area contributed by atoms with Crippen LogP contribution in [-0.4, -0.2) is 24.1 Å². The fourth-order valence-corrected chi connectivity index (χ4v) is 1.52. The van der Waals surface area contributed by atoms with E-state index in [0.29, 0.717) is 6.42 Å². The van der Waals surface area contributed by atoms with Gasteiger partial charge in [0.1, 0.15) is 0 Å². The van der Waals surface area contributed by atoms with Gasteiger partial charge in [-0.3, -0.25) is 4.55 Å². The monoisotopic (exact) mass is 254 g/mol. The first-order valence-electron chi connectivity index (χ1n) is 3.07. The molecule has 0 amide bonds. The number of hydrogen-bond acceptors (Lipinski definition) is 2. The molecule has 0 rings (SSSR count). The van der Waals surface area contributed by atoms with Crippen molar-refractivity contribution in [3.05, 3.63) is 0 Å². The summed E-state index contributed by atoms with van der Waals surface area (Å²) in [6, 6.07) is 0. The second-order valence-corrected chi connectivity index (χ2v) is 4.40. The summed E-state index contributed by atoms with van der Waals surface area (Å²) in [5, 5.41) is 0.887. The van der Waals surface area contributed by atoms with Gasteiger partial charge in [-0.05, 0) is 12.8 Å². The molecule has 0 fully saturated rings. The maximum absolute atomic E-state index is 10.1. The van der Waals surface area contributed by atoms with Crippen LogP contribution in [0.4, 0.5) is 0 Å². The molecule has 1 N–H and O–H groups in total. The maximum atomic E-state index is 10.1. The summed E-state index contributed by atoms with van der Waals surface area (Å²) in [5.41, 5.74) is 0. The second kappa shape index (κ2) is 8.01. The van der Waals surface area contributed by atoms with Crippen LogP contribution in [0.2, 0.25) is 0 Å². The third-order valence-electron chi connectivity index (χ3n) is 1.04. The van der Waals surface area contributed by atoms with Crippen LogP contribution in [-0.2, 0) is 10.1 Å². The van der Waals surface area contributed by atoms with Crippen LogP contribution in [0.15, 0.2) is 0 Å². The molecular formula is C5H12BrNaO3S. The Kier molecular flexibility index (Phi) is 10.8. The predicted octanol–water partition coefficient (Wildman–Crippen LogP) is -1.44. The molecule has 6 heteroatoms. The molecule has 0 bridgehead atoms. The molecule has 0 heterocycles. The molecule has 0 atom stereocenters. The van der Waals surface area contributed by atoms with E-state index in [1.54, 1.807) is 0 Å². The summed E-state index contributed by atoms with van der Waals surface area (Å²) in [5.74, 6) is -0.111. The Hall–Kier alpha value is 1.39. The molecule has 0 saturated carbocycles. The fraction of sp³-hybridized carbons (Fsp3) is 1.00. The Morgan fingerprint density at radius 3 is 2.18 bits per heavy atom. The Labute approximate surface area is 99.6 Å². The van der Waals surface area contributed by atoms with Crippen molar-refractivity contribution in [2.45, 2.75) is 19.3 Å². The molecule has 0 radical (unpaired) electrons. The van der Waals surface area contributed by atoms with E-state index in [1.807, 2.05) is 0 Å². The molecule has 0 aromatic heterocycles. The topological polar surface area (TPSA) is 54.4 Å². The molecule has 3 nitrogen and oxygen atoms in total. The molecular weight excluding hydrogens is 243 g/mol. The number of halogens is 1. The fourth-order valence-electron chi connectivity index (χ4n) is 0.556. The largest absolute Gasteiger partial charge is 1.00 e. The van der Waals surface area contributed by atoms with Gasteiger partial charge >= 0.3 is 29.6 Å². The van der Waals surface area contributed by atoms with Crippen LogP contribution in [0.1, 0.15) is 20.7 Å². The quantitative estimate of drug-likeness (QED) is 0.283. The van der Waals surface area contributed by atoms with Crippen molar-refractivity contribution in [2.75, 3.05) is 11.1 Å². The van der Waals surface area contributed by atoms with Gasteiger partial charge in [0.15, 0.2) is 0 Å². The average Bonchev–Trinajstić information content (AvgIpc) is 1.78. The van der Waals surface area contributed by atoms with Crippen molar-refractivity contribution in [1.82, 2.24) is 0 Å². The van der Waals surface area contributed by atoms with Gasteiger partial charge < -0.3 is 1.43 Å². The van der Waals surface area contributed by atoms with E-state index in [1.165, 1.54) is 0 Å². The first-order valence-corrected chi connectivity index (χ1v) is 5.80. The number of unbranched alkanes of at least 4 members (excludes halogenated alkanes) is 2. The van der Waals surface area contributed by atoms with Gasteiger partial charge in [-0.1, -0.05) is 22.4 Å². The van der Waals surface area contributed by atoms with Crippen LogP contribution in [0.3, 0.4) is 0 Å². The molecule has 64 valence electrons. The third-order valence-corrected chi connectivity index (χ3v) is 2.40. The van der Waals surface area contributed by atoms with E-state index in [9.17, 15) is 8.42 Å². The minimum Gasteiger partial charge on any atom is -1.00 e. The Morgan fingerprint density at radius 2 is 1.82 bits per heavy atom. The minimum absolute atomic E-state index is 0. The maximum Gasteiger partial charge on any atom is 1.00 e. The third kappa shape index (κ3) is 14.3. The van der Waals surface area contributed by atoms with E-state index < -0.39 is 10.1 Å². The molecule has 0 aliphatic heterocycles. The minimum atomic E-state index is -3.72. The van der Waals surface area contributed by atoms with E-state index in [0.717, 1.165) is 18.2 Å². The zero-order valence-corrected chi connectivity index (χ0v) is 11.0. The van der Waals surface area contributed by atoms with Crippen molar-refractivity contribution >= 4 is 26.0 Å². The number of rotatable bonds is 5. The molecule has 0 aromatic carbocycles. The zero-order chi connectivity index (χ0) is 8.04. The summed E-state index contributed by atoms with van der Waals surface area (Å²) >= 11 is 3.22. The molecule has 0 aliphatic rings. The van der Waals surface area contributed by atoms with E-state index >= 15 is 0 Å². The standard InChI is InChI=1S/C5H11BrO3S.Na.H/c6-4-2-1-3-5-10(7,8)9;;/h1-5H2,(H,7,8,9);;/q;+1;-1. The summed E-state index contributed by atoms with van der Waals surface area (Å²) in [4.78, 5) is 0. The van der Waals surface area contributed by atoms with E-state index in [4.69, 9.17) is 4.55 Å². The van der Waals surface area contributed by atoms with Crippen molar-refractivity contribution in [2.24, 2.45) is 0 Å². The van der Waals surface area contributed by atoms with Gasteiger partial charge in [0.25, 0.3) is 10.1 Å². The van der Waals surface area contributed by atoms with Gasteiger partial charge in [-0.15, -0.1) is 0 Å². The van der Waals surface area contributed by atoms with Gasteiger partial charge in [0.2, 0.25) is 0 Å². The van der Waals surface area contributed by atoms with Crippen LogP contribution < -0.4 is 29.6 Å². The molecule has 0 aliphatic carbocycles. The van der Waals surface area contributed by atoms with E-state index in [2.05, 4.69) is 15.9 Å². The molecule has 0 unspecified atom stereocenters. The Bertz CT molecular complexity index is 174. The molecule has 0 saturated heterocycles. The molecule has 0 spiro atoms. The van der Waals surface area contributed by atoms with Gasteiger partial charge in [-0.25, -0.2) is 0 Å². The molecule has 0 aromatic rings. The summed E-state index contributed by atoms with van der Waals surface area (Å²) in [6.45, 7) is 0. The van der Waals surface area contributed by atoms with Crippen molar-refractivity contribution in [1.29, 1.82) is 0 Å².